The van der Waals surface area contributed by atoms with E-state index in [-0.39, 0.29) is 35.5 Å². The van der Waals surface area contributed by atoms with Crippen molar-refractivity contribution in [1.82, 2.24) is 0 Å². The third-order valence-corrected chi connectivity index (χ3v) is 4.97. The topological polar surface area (TPSA) is 95.9 Å². The Bertz CT molecular complexity index is 789. The van der Waals surface area contributed by atoms with E-state index in [0.29, 0.717) is 23.8 Å². The van der Waals surface area contributed by atoms with Gasteiger partial charge in [0.25, 0.3) is 0 Å². The summed E-state index contributed by atoms with van der Waals surface area (Å²) in [4.78, 5) is 20.5. The normalized spacial score (nSPS) is 12.5. The van der Waals surface area contributed by atoms with Crippen LogP contribution in [-0.2, 0) is 11.3 Å². The number of hydrogen-bond acceptors (Lipinski definition) is 5. The number of carbonyl (C=O) groups excluding carboxylic acids is 1. The second kappa shape index (κ2) is 12.1. The molecule has 0 spiro atoms. The summed E-state index contributed by atoms with van der Waals surface area (Å²) in [7, 11) is 1.39. The molecule has 8 heteroatoms. The summed E-state index contributed by atoms with van der Waals surface area (Å²) in [6.07, 6.45) is 1.55. The first-order valence-corrected chi connectivity index (χ1v) is 9.20. The Labute approximate surface area is 194 Å². The van der Waals surface area contributed by atoms with Crippen LogP contribution in [0.5, 0.6) is 5.75 Å². The maximum absolute atomic E-state index is 12.0. The van der Waals surface area contributed by atoms with E-state index in [9.17, 15) is 4.79 Å². The average Bonchev–Trinajstić information content (AvgIpc) is 2.60. The minimum Gasteiger partial charge on any atom is -0.565 e. The number of esters is 1. The van der Waals surface area contributed by atoms with E-state index in [1.54, 1.807) is 0 Å². The zero-order valence-electron chi connectivity index (χ0n) is 15.8. The summed E-state index contributed by atoms with van der Waals surface area (Å²) in [6, 6.07) is 13.7. The van der Waals surface area contributed by atoms with E-state index in [1.165, 1.54) is 31.9 Å². The zero-order valence-corrected chi connectivity index (χ0v) is 19.4. The minimum atomic E-state index is -2.08. The van der Waals surface area contributed by atoms with Gasteiger partial charge in [0, 0.05) is 4.47 Å². The van der Waals surface area contributed by atoms with Gasteiger partial charge in [0.05, 0.1) is 7.11 Å². The van der Waals surface area contributed by atoms with Gasteiger partial charge in [-0.2, -0.15) is 0 Å². The van der Waals surface area contributed by atoms with Gasteiger partial charge in [-0.3, -0.25) is 0 Å². The molecule has 0 aliphatic heterocycles. The molecule has 6 nitrogen and oxygen atoms in total. The predicted octanol–water partition coefficient (Wildman–Crippen LogP) is 0.974. The molecule has 0 aromatic heterocycles. The van der Waals surface area contributed by atoms with Gasteiger partial charge in [0.15, 0.2) is 0 Å². The number of halogens is 1. The van der Waals surface area contributed by atoms with Crippen LogP contribution in [0, 0.1) is 0 Å². The molecule has 3 rings (SSSR count). The fourth-order valence-electron chi connectivity index (χ4n) is 2.73. The molecule has 0 bridgehead atoms. The summed E-state index contributed by atoms with van der Waals surface area (Å²) < 4.78 is 11.8. The van der Waals surface area contributed by atoms with Gasteiger partial charge < -0.3 is 24.5 Å². The number of rotatable bonds is 5. The molecule has 144 valence electrons. The number of methoxy groups -OCH3 is 1. The van der Waals surface area contributed by atoms with Crippen molar-refractivity contribution in [1.29, 1.82) is 0 Å². The molecule has 0 unspecified atom stereocenters. The molecule has 1 aliphatic rings. The van der Waals surface area contributed by atoms with Crippen molar-refractivity contribution in [2.45, 2.75) is 31.8 Å². The van der Waals surface area contributed by atoms with Crippen LogP contribution in [0.4, 0.5) is 4.79 Å². The average molecular weight is 459 g/mol. The molecular weight excluding hydrogens is 439 g/mol. The van der Waals surface area contributed by atoms with Gasteiger partial charge in [0.2, 0.25) is 6.16 Å². The van der Waals surface area contributed by atoms with Crippen LogP contribution in [0.3, 0.4) is 0 Å². The summed E-state index contributed by atoms with van der Waals surface area (Å²) in [5.41, 5.74) is 2.74. The molecule has 1 saturated carbocycles. The molecule has 0 amide bonds. The number of carbonyl (C=O) groups is 2. The summed E-state index contributed by atoms with van der Waals surface area (Å²) >= 11 is 3.59. The Kier molecular flexibility index (Phi) is 10.6. The Morgan fingerprint density at radius 2 is 1.82 bits per heavy atom. The largest absolute Gasteiger partial charge is 1.00 e. The first-order valence-electron chi connectivity index (χ1n) is 8.40. The molecule has 0 radical (unpaired) electrons. The second-order valence-corrected chi connectivity index (χ2v) is 6.88. The third kappa shape index (κ3) is 7.13. The van der Waals surface area contributed by atoms with Gasteiger partial charge in [0.1, 0.15) is 17.9 Å². The molecule has 0 heterocycles. The smallest absolute Gasteiger partial charge is 0.565 e. The van der Waals surface area contributed by atoms with Crippen molar-refractivity contribution in [2.24, 2.45) is 0 Å². The predicted molar refractivity (Wildman–Crippen MR) is 101 cm³/mol. The summed E-state index contributed by atoms with van der Waals surface area (Å²) in [5.74, 6) is 0.759. The molecular formula is C20H20BrNaO6. The molecule has 2 aromatic rings. The SMILES string of the molecule is COC(=O)c1cc(Br)c(C2CCC2)cc1OCc1ccccc1.O=C([O-])O.[Na+]. The second-order valence-electron chi connectivity index (χ2n) is 6.03. The van der Waals surface area contributed by atoms with Crippen molar-refractivity contribution in [2.75, 3.05) is 7.11 Å². The standard InChI is InChI=1S/C19H19BrO3.CH2O3.Na/c1-22-19(21)16-10-17(20)15(14-8-5-9-14)11-18(16)23-12-13-6-3-2-4-7-13;2-1(3)4;/h2-4,6-7,10-11,14H,5,8-9,12H2,1H3;(H2,2,3,4);/q;;+1/p-1. The number of ether oxygens (including phenoxy) is 2. The third-order valence-electron chi connectivity index (χ3n) is 4.29. The molecule has 1 fully saturated rings. The van der Waals surface area contributed by atoms with Crippen molar-refractivity contribution in [3.8, 4) is 5.75 Å². The van der Waals surface area contributed by atoms with E-state index in [2.05, 4.69) is 15.9 Å². The van der Waals surface area contributed by atoms with Gasteiger partial charge in [-0.05, 0) is 42.0 Å². The first kappa shape index (κ1) is 24.5. The summed E-state index contributed by atoms with van der Waals surface area (Å²) in [6.45, 7) is 0.427. The van der Waals surface area contributed by atoms with E-state index in [0.717, 1.165) is 10.0 Å². The Balaban J connectivity index is 0.000000717. The van der Waals surface area contributed by atoms with Crippen LogP contribution in [0.1, 0.15) is 46.7 Å². The number of hydrogen-bond donors (Lipinski definition) is 1. The van der Waals surface area contributed by atoms with E-state index < -0.39 is 6.16 Å². The summed E-state index contributed by atoms with van der Waals surface area (Å²) in [5, 5.41) is 15.3. The van der Waals surface area contributed by atoms with Crippen LogP contribution >= 0.6 is 15.9 Å². The Morgan fingerprint density at radius 3 is 2.32 bits per heavy atom. The number of benzene rings is 2. The Morgan fingerprint density at radius 1 is 1.21 bits per heavy atom. The minimum absolute atomic E-state index is 0. The van der Waals surface area contributed by atoms with E-state index in [1.807, 2.05) is 42.5 Å². The monoisotopic (exact) mass is 458 g/mol. The van der Waals surface area contributed by atoms with E-state index in [4.69, 9.17) is 24.5 Å². The van der Waals surface area contributed by atoms with Gasteiger partial charge in [-0.1, -0.05) is 52.7 Å². The maximum atomic E-state index is 12.0. The van der Waals surface area contributed by atoms with Crippen molar-refractivity contribution < 1.29 is 58.8 Å². The van der Waals surface area contributed by atoms with Crippen molar-refractivity contribution in [3.63, 3.8) is 0 Å². The number of carboxylic acid groups (broad SMARTS) is 2. The van der Waals surface area contributed by atoms with Crippen LogP contribution in [-0.4, -0.2) is 24.3 Å². The van der Waals surface area contributed by atoms with E-state index >= 15 is 0 Å². The zero-order chi connectivity index (χ0) is 19.8. The van der Waals surface area contributed by atoms with Crippen LogP contribution < -0.4 is 39.4 Å². The molecule has 1 aliphatic carbocycles. The van der Waals surface area contributed by atoms with Gasteiger partial charge in [-0.25, -0.2) is 4.79 Å². The molecule has 0 atom stereocenters. The molecule has 28 heavy (non-hydrogen) atoms. The quantitative estimate of drug-likeness (QED) is 0.529. The first-order chi connectivity index (χ1) is 12.9. The fourth-order valence-corrected chi connectivity index (χ4v) is 3.39. The van der Waals surface area contributed by atoms with Crippen LogP contribution in [0.25, 0.3) is 0 Å². The van der Waals surface area contributed by atoms with Gasteiger partial charge >= 0.3 is 35.5 Å². The Hall–Kier alpha value is -1.54. The van der Waals surface area contributed by atoms with Crippen molar-refractivity contribution in [3.05, 3.63) is 63.6 Å². The molecule has 2 aromatic carbocycles. The molecule has 0 saturated heterocycles. The van der Waals surface area contributed by atoms with Gasteiger partial charge in [-0.15, -0.1) is 0 Å². The fraction of sp³-hybridized carbons (Fsp3) is 0.300. The molecule has 1 N–H and O–H groups in total. The van der Waals surface area contributed by atoms with Crippen LogP contribution in [0.2, 0.25) is 0 Å². The van der Waals surface area contributed by atoms with Crippen LogP contribution in [0.15, 0.2) is 46.9 Å². The van der Waals surface area contributed by atoms with Crippen molar-refractivity contribution >= 4 is 28.1 Å². The maximum Gasteiger partial charge on any atom is 1.00 e.